The van der Waals surface area contributed by atoms with Crippen LogP contribution in [-0.2, 0) is 19.6 Å². The van der Waals surface area contributed by atoms with Crippen molar-refractivity contribution in [1.29, 1.82) is 0 Å². The standard InChI is InChI=1S/C13H20N2O4S.C3H4Cl2O.ClH/c1-10-5-7-11(8-6-10)20(18,19)15-12(13(16)17)4-2-3-9-14;4-1-3(6)2-5;/h5-8,12,15H,2-4,9,14H2,1H3,(H,16,17);1-2H2;1H/t12-;;/m0../s1. The highest BCUT2D eigenvalue weighted by atomic mass is 35.5. The van der Waals surface area contributed by atoms with Crippen molar-refractivity contribution in [3.63, 3.8) is 0 Å². The summed E-state index contributed by atoms with van der Waals surface area (Å²) in [6.07, 6.45) is 1.44. The summed E-state index contributed by atoms with van der Waals surface area (Å²) in [6, 6.07) is 5.11. The van der Waals surface area contributed by atoms with Crippen LogP contribution in [0.2, 0.25) is 0 Å². The Morgan fingerprint density at radius 1 is 1.15 bits per heavy atom. The molecule has 1 atom stereocenters. The topological polar surface area (TPSA) is 127 Å². The number of halogens is 3. The van der Waals surface area contributed by atoms with Crippen molar-refractivity contribution < 1.29 is 23.1 Å². The van der Waals surface area contributed by atoms with Gasteiger partial charge in [0.1, 0.15) is 6.04 Å². The van der Waals surface area contributed by atoms with Gasteiger partial charge in [-0.3, -0.25) is 9.59 Å². The van der Waals surface area contributed by atoms with E-state index in [4.69, 9.17) is 34.0 Å². The lowest BCUT2D eigenvalue weighted by molar-refractivity contribution is -0.139. The lowest BCUT2D eigenvalue weighted by atomic mass is 10.1. The molecule has 0 radical (unpaired) electrons. The summed E-state index contributed by atoms with van der Waals surface area (Å²) in [5.74, 6) is -1.25. The number of alkyl halides is 2. The number of Topliss-reactive ketones (excluding diaryl/α,β-unsaturated/α-hetero) is 1. The Hall–Kier alpha value is -0.900. The molecule has 1 aromatic rings. The summed E-state index contributed by atoms with van der Waals surface area (Å²) in [5, 5.41) is 9.07. The van der Waals surface area contributed by atoms with Crippen LogP contribution in [-0.4, -0.2) is 49.6 Å². The SMILES string of the molecule is Cc1ccc(S(=O)(=O)N[C@@H](CCCCN)C(=O)O)cc1.Cl.O=C(CCl)CCl. The van der Waals surface area contributed by atoms with Crippen LogP contribution in [0.25, 0.3) is 0 Å². The van der Waals surface area contributed by atoms with Gasteiger partial charge in [-0.2, -0.15) is 4.72 Å². The zero-order chi connectivity index (χ0) is 20.2. The van der Waals surface area contributed by atoms with Gasteiger partial charge in [-0.05, 0) is 38.4 Å². The molecule has 0 amide bonds. The summed E-state index contributed by atoms with van der Waals surface area (Å²) < 4.78 is 26.4. The zero-order valence-electron chi connectivity index (χ0n) is 14.9. The van der Waals surface area contributed by atoms with Gasteiger partial charge in [0.25, 0.3) is 0 Å². The van der Waals surface area contributed by atoms with Crippen molar-refractivity contribution in [3.05, 3.63) is 29.8 Å². The number of benzene rings is 1. The number of carboxylic acids is 1. The van der Waals surface area contributed by atoms with Crippen LogP contribution in [0.5, 0.6) is 0 Å². The number of sulfonamides is 1. The fourth-order valence-electron chi connectivity index (χ4n) is 1.73. The monoisotopic (exact) mass is 462 g/mol. The van der Waals surface area contributed by atoms with Gasteiger partial charge in [0, 0.05) is 0 Å². The Morgan fingerprint density at radius 2 is 1.67 bits per heavy atom. The molecule has 0 heterocycles. The Bertz CT molecular complexity index is 663. The van der Waals surface area contributed by atoms with Crippen LogP contribution >= 0.6 is 35.6 Å². The van der Waals surface area contributed by atoms with Crippen molar-refractivity contribution in [2.75, 3.05) is 18.3 Å². The number of hydrogen-bond acceptors (Lipinski definition) is 5. The van der Waals surface area contributed by atoms with Crippen LogP contribution in [0.3, 0.4) is 0 Å². The third-order valence-electron chi connectivity index (χ3n) is 3.17. The molecule has 0 spiro atoms. The molecular formula is C16H25Cl3N2O5S. The van der Waals surface area contributed by atoms with Crippen molar-refractivity contribution in [3.8, 4) is 0 Å². The van der Waals surface area contributed by atoms with Gasteiger partial charge in [0.2, 0.25) is 10.0 Å². The number of aliphatic carboxylic acids is 1. The van der Waals surface area contributed by atoms with Gasteiger partial charge in [-0.15, -0.1) is 35.6 Å². The van der Waals surface area contributed by atoms with Gasteiger partial charge >= 0.3 is 5.97 Å². The molecule has 1 rings (SSSR count). The lowest BCUT2D eigenvalue weighted by Crippen LogP contribution is -2.40. The van der Waals surface area contributed by atoms with E-state index >= 15 is 0 Å². The maximum atomic E-state index is 12.1. The van der Waals surface area contributed by atoms with Crippen molar-refractivity contribution in [1.82, 2.24) is 4.72 Å². The van der Waals surface area contributed by atoms with Gasteiger partial charge in [0.15, 0.2) is 5.78 Å². The highest BCUT2D eigenvalue weighted by molar-refractivity contribution is 7.89. The highest BCUT2D eigenvalue weighted by Gasteiger charge is 2.24. The van der Waals surface area contributed by atoms with Crippen LogP contribution in [0, 0.1) is 6.92 Å². The first-order chi connectivity index (χ1) is 12.2. The molecule has 0 aromatic heterocycles. The minimum atomic E-state index is -3.82. The van der Waals surface area contributed by atoms with E-state index in [1.165, 1.54) is 12.1 Å². The van der Waals surface area contributed by atoms with E-state index in [-0.39, 0.29) is 41.3 Å². The minimum Gasteiger partial charge on any atom is -0.480 e. The van der Waals surface area contributed by atoms with E-state index < -0.39 is 22.0 Å². The Kier molecular flexibility index (Phi) is 15.8. The molecule has 0 saturated carbocycles. The van der Waals surface area contributed by atoms with Crippen molar-refractivity contribution in [2.45, 2.75) is 37.1 Å². The minimum absolute atomic E-state index is 0. The molecule has 0 fully saturated rings. The Labute approximate surface area is 176 Å². The maximum Gasteiger partial charge on any atom is 0.321 e. The predicted molar refractivity (Wildman–Crippen MR) is 110 cm³/mol. The number of unbranched alkanes of at least 4 members (excludes halogenated alkanes) is 1. The van der Waals surface area contributed by atoms with Gasteiger partial charge < -0.3 is 10.8 Å². The van der Waals surface area contributed by atoms with Crippen molar-refractivity contribution >= 4 is 57.4 Å². The molecule has 4 N–H and O–H groups in total. The number of rotatable bonds is 10. The predicted octanol–water partition coefficient (Wildman–Crippen LogP) is 2.31. The number of carboxylic acid groups (broad SMARTS) is 1. The van der Waals surface area contributed by atoms with Gasteiger partial charge in [-0.25, -0.2) is 8.42 Å². The summed E-state index contributed by atoms with van der Waals surface area (Å²) in [5.41, 5.74) is 6.27. The second-order valence-corrected chi connectivity index (χ2v) is 7.66. The van der Waals surface area contributed by atoms with Crippen LogP contribution in [0.1, 0.15) is 24.8 Å². The Morgan fingerprint density at radius 3 is 2.04 bits per heavy atom. The molecule has 0 aliphatic carbocycles. The average Bonchev–Trinajstić information content (AvgIpc) is 2.61. The quantitative estimate of drug-likeness (QED) is 0.361. The molecule has 0 aliphatic rings. The molecule has 11 heteroatoms. The largest absolute Gasteiger partial charge is 0.480 e. The van der Waals surface area contributed by atoms with E-state index in [1.54, 1.807) is 12.1 Å². The third kappa shape index (κ3) is 12.2. The molecular weight excluding hydrogens is 439 g/mol. The number of aryl methyl sites for hydroxylation is 1. The molecule has 0 saturated heterocycles. The van der Waals surface area contributed by atoms with E-state index in [0.29, 0.717) is 19.4 Å². The van der Waals surface area contributed by atoms with Gasteiger partial charge in [0.05, 0.1) is 16.7 Å². The smallest absolute Gasteiger partial charge is 0.321 e. The van der Waals surface area contributed by atoms with Crippen LogP contribution in [0.15, 0.2) is 29.2 Å². The number of carbonyl (C=O) groups is 2. The number of hydrogen-bond donors (Lipinski definition) is 3. The normalized spacial score (nSPS) is 11.6. The molecule has 0 unspecified atom stereocenters. The first kappa shape index (κ1) is 28.3. The zero-order valence-corrected chi connectivity index (χ0v) is 18.0. The summed E-state index contributed by atoms with van der Waals surface area (Å²) >= 11 is 10.0. The number of ketones is 1. The first-order valence-corrected chi connectivity index (χ1v) is 10.4. The van der Waals surface area contributed by atoms with Crippen LogP contribution in [0.4, 0.5) is 0 Å². The molecule has 1 aromatic carbocycles. The maximum absolute atomic E-state index is 12.1. The third-order valence-corrected chi connectivity index (χ3v) is 5.26. The first-order valence-electron chi connectivity index (χ1n) is 7.83. The van der Waals surface area contributed by atoms with E-state index in [0.717, 1.165) is 5.56 Å². The average molecular weight is 464 g/mol. The summed E-state index contributed by atoms with van der Waals surface area (Å²) in [4.78, 5) is 21.1. The molecule has 27 heavy (non-hydrogen) atoms. The summed E-state index contributed by atoms with van der Waals surface area (Å²) in [6.45, 7) is 2.30. The highest BCUT2D eigenvalue weighted by Crippen LogP contribution is 2.12. The fraction of sp³-hybridized carbons (Fsp3) is 0.500. The molecule has 0 bridgehead atoms. The number of nitrogens with one attached hydrogen (secondary N) is 1. The number of carbonyl (C=O) groups excluding carboxylic acids is 1. The fourth-order valence-corrected chi connectivity index (χ4v) is 3.24. The lowest BCUT2D eigenvalue weighted by Gasteiger charge is -2.14. The molecule has 7 nitrogen and oxygen atoms in total. The summed E-state index contributed by atoms with van der Waals surface area (Å²) in [7, 11) is -3.82. The number of nitrogens with two attached hydrogens (primary N) is 1. The van der Waals surface area contributed by atoms with Crippen LogP contribution < -0.4 is 10.5 Å². The van der Waals surface area contributed by atoms with Gasteiger partial charge in [-0.1, -0.05) is 24.1 Å². The van der Waals surface area contributed by atoms with Crippen molar-refractivity contribution in [2.24, 2.45) is 5.73 Å². The van der Waals surface area contributed by atoms with E-state index in [9.17, 15) is 18.0 Å². The van der Waals surface area contributed by atoms with E-state index in [1.807, 2.05) is 6.92 Å². The van der Waals surface area contributed by atoms with E-state index in [2.05, 4.69) is 4.72 Å². The molecule has 0 aliphatic heterocycles. The second-order valence-electron chi connectivity index (χ2n) is 5.42. The molecule has 156 valence electrons. The Balaban J connectivity index is 0. The second kappa shape index (κ2) is 15.1.